The molecule has 5 rings (SSSR count). The molecule has 0 bridgehead atoms. The van der Waals surface area contributed by atoms with Crippen LogP contribution in [0.3, 0.4) is 0 Å². The fourth-order valence-electron chi connectivity index (χ4n) is 5.44. The van der Waals surface area contributed by atoms with Crippen LogP contribution in [0.15, 0.2) is 41.3 Å². The maximum Gasteiger partial charge on any atom is 0.327 e. The lowest BCUT2D eigenvalue weighted by atomic mass is 9.87. The molecule has 196 valence electrons. The van der Waals surface area contributed by atoms with E-state index in [1.165, 1.54) is 12.1 Å². The zero-order valence-corrected chi connectivity index (χ0v) is 20.0. The SMILES string of the molecule is O=C1NC(CO)[C@H](c2cccc(F)c2F)CC[C@H]1NC(=O)N1CCC(n2c(=O)[nH]c3ncccc32)CC1. The molecule has 0 aliphatic carbocycles. The minimum Gasteiger partial charge on any atom is -0.394 e. The predicted molar refractivity (Wildman–Crippen MR) is 130 cm³/mol. The van der Waals surface area contributed by atoms with E-state index in [1.807, 2.05) is 6.07 Å². The number of H-pyrrole nitrogens is 1. The van der Waals surface area contributed by atoms with E-state index >= 15 is 0 Å². The summed E-state index contributed by atoms with van der Waals surface area (Å²) in [4.78, 5) is 46.8. The van der Waals surface area contributed by atoms with Gasteiger partial charge in [-0.1, -0.05) is 12.1 Å². The van der Waals surface area contributed by atoms with Gasteiger partial charge in [-0.25, -0.2) is 23.4 Å². The number of benzene rings is 1. The third-order valence-electron chi connectivity index (χ3n) is 7.38. The number of nitrogens with zero attached hydrogens (tertiary/aromatic N) is 3. The highest BCUT2D eigenvalue weighted by atomic mass is 19.2. The topological polar surface area (TPSA) is 132 Å². The van der Waals surface area contributed by atoms with E-state index in [4.69, 9.17) is 0 Å². The van der Waals surface area contributed by atoms with Crippen molar-refractivity contribution < 1.29 is 23.5 Å². The van der Waals surface area contributed by atoms with Crippen LogP contribution in [-0.4, -0.2) is 68.3 Å². The first kappa shape index (κ1) is 24.9. The van der Waals surface area contributed by atoms with Crippen molar-refractivity contribution in [3.63, 3.8) is 0 Å². The van der Waals surface area contributed by atoms with Crippen LogP contribution in [0.1, 0.15) is 43.2 Å². The second kappa shape index (κ2) is 10.3. The Labute approximate surface area is 210 Å². The molecule has 0 radical (unpaired) electrons. The molecule has 37 heavy (non-hydrogen) atoms. The second-order valence-corrected chi connectivity index (χ2v) is 9.52. The van der Waals surface area contributed by atoms with Gasteiger partial charge in [0, 0.05) is 31.2 Å². The lowest BCUT2D eigenvalue weighted by Gasteiger charge is -2.33. The number of likely N-dealkylation sites (tertiary alicyclic amines) is 1. The molecule has 10 nitrogen and oxygen atoms in total. The number of aliphatic hydroxyl groups is 1. The summed E-state index contributed by atoms with van der Waals surface area (Å²) < 4.78 is 29.9. The maximum atomic E-state index is 14.4. The van der Waals surface area contributed by atoms with E-state index in [9.17, 15) is 28.3 Å². The molecule has 3 atom stereocenters. The zero-order chi connectivity index (χ0) is 26.1. The lowest BCUT2D eigenvalue weighted by Crippen LogP contribution is -2.53. The van der Waals surface area contributed by atoms with Crippen LogP contribution in [0.5, 0.6) is 0 Å². The molecular weight excluding hydrogens is 486 g/mol. The van der Waals surface area contributed by atoms with Crippen LogP contribution < -0.4 is 16.3 Å². The standard InChI is InChI=1S/C25H28F2N6O4/c26-17-4-1-3-16(21(17)27)15-6-7-18(23(35)29-19(15)13-34)30-24(36)32-11-8-14(9-12-32)33-20-5-2-10-28-22(20)31-25(33)37/h1-5,10,14-15,18-19,34H,6-9,11-13H2,(H,29,35)(H,30,36)(H,28,31,37)/t15-,18+,19?/m0/s1. The Morgan fingerprint density at radius 3 is 2.65 bits per heavy atom. The van der Waals surface area contributed by atoms with E-state index in [0.717, 1.165) is 6.07 Å². The summed E-state index contributed by atoms with van der Waals surface area (Å²) in [5.74, 6) is -3.13. The minimum atomic E-state index is -1.00. The number of hydrogen-bond acceptors (Lipinski definition) is 5. The molecule has 4 N–H and O–H groups in total. The van der Waals surface area contributed by atoms with Gasteiger partial charge in [0.15, 0.2) is 17.3 Å². The van der Waals surface area contributed by atoms with Crippen LogP contribution in [-0.2, 0) is 4.79 Å². The van der Waals surface area contributed by atoms with E-state index in [2.05, 4.69) is 20.6 Å². The van der Waals surface area contributed by atoms with Crippen molar-refractivity contribution in [2.45, 2.75) is 49.7 Å². The number of fused-ring (bicyclic) bond motifs is 1. The molecule has 4 heterocycles. The van der Waals surface area contributed by atoms with Crippen LogP contribution in [0.4, 0.5) is 13.6 Å². The third-order valence-corrected chi connectivity index (χ3v) is 7.38. The Kier molecular flexibility index (Phi) is 6.92. The smallest absolute Gasteiger partial charge is 0.327 e. The average molecular weight is 515 g/mol. The normalized spacial score (nSPS) is 23.1. The fraction of sp³-hybridized carbons (Fsp3) is 0.440. The van der Waals surface area contributed by atoms with Crippen LogP contribution >= 0.6 is 0 Å². The molecule has 0 saturated carbocycles. The number of imidazole rings is 1. The van der Waals surface area contributed by atoms with Gasteiger partial charge in [0.25, 0.3) is 0 Å². The third kappa shape index (κ3) is 4.80. The second-order valence-electron chi connectivity index (χ2n) is 9.52. The van der Waals surface area contributed by atoms with Gasteiger partial charge in [0.2, 0.25) is 5.91 Å². The molecule has 2 aliphatic rings. The molecule has 2 aliphatic heterocycles. The highest BCUT2D eigenvalue weighted by Crippen LogP contribution is 2.31. The molecule has 12 heteroatoms. The minimum absolute atomic E-state index is 0.0797. The van der Waals surface area contributed by atoms with Crippen molar-refractivity contribution in [1.29, 1.82) is 0 Å². The Morgan fingerprint density at radius 2 is 1.89 bits per heavy atom. The van der Waals surface area contributed by atoms with E-state index in [-0.39, 0.29) is 30.1 Å². The number of halogens is 2. The predicted octanol–water partition coefficient (Wildman–Crippen LogP) is 1.77. The van der Waals surface area contributed by atoms with Gasteiger partial charge >= 0.3 is 11.7 Å². The Bertz CT molecular complexity index is 1370. The Balaban J connectivity index is 1.23. The van der Waals surface area contributed by atoms with Crippen molar-refractivity contribution >= 4 is 23.1 Å². The first-order chi connectivity index (χ1) is 17.9. The summed E-state index contributed by atoms with van der Waals surface area (Å²) in [6.45, 7) is 0.324. The summed E-state index contributed by atoms with van der Waals surface area (Å²) in [6, 6.07) is 5.22. The molecule has 1 aromatic carbocycles. The van der Waals surface area contributed by atoms with Crippen molar-refractivity contribution in [3.8, 4) is 0 Å². The maximum absolute atomic E-state index is 14.4. The monoisotopic (exact) mass is 514 g/mol. The van der Waals surface area contributed by atoms with Crippen LogP contribution in [0.2, 0.25) is 0 Å². The number of piperidine rings is 1. The number of carbonyl (C=O) groups excluding carboxylic acids is 2. The number of rotatable bonds is 4. The van der Waals surface area contributed by atoms with Gasteiger partial charge in [-0.2, -0.15) is 0 Å². The van der Waals surface area contributed by atoms with Crippen molar-refractivity contribution in [2.75, 3.05) is 19.7 Å². The number of carbonyl (C=O) groups is 2. The number of urea groups is 1. The summed E-state index contributed by atoms with van der Waals surface area (Å²) in [7, 11) is 0. The summed E-state index contributed by atoms with van der Waals surface area (Å²) in [5, 5.41) is 15.3. The molecule has 3 aromatic rings. The molecule has 1 unspecified atom stereocenters. The number of aromatic amines is 1. The van der Waals surface area contributed by atoms with E-state index in [1.54, 1.807) is 21.7 Å². The highest BCUT2D eigenvalue weighted by Gasteiger charge is 2.36. The van der Waals surface area contributed by atoms with Crippen LogP contribution in [0, 0.1) is 11.6 Å². The largest absolute Gasteiger partial charge is 0.394 e. The molecule has 2 aromatic heterocycles. The number of pyridine rings is 1. The molecule has 2 fully saturated rings. The van der Waals surface area contributed by atoms with Gasteiger partial charge in [0.05, 0.1) is 18.2 Å². The van der Waals surface area contributed by atoms with Gasteiger partial charge in [-0.3, -0.25) is 14.3 Å². The fourth-order valence-corrected chi connectivity index (χ4v) is 5.44. The van der Waals surface area contributed by atoms with E-state index in [0.29, 0.717) is 37.1 Å². The number of hydrogen-bond donors (Lipinski definition) is 4. The first-order valence-electron chi connectivity index (χ1n) is 12.3. The molecular formula is C25H28F2N6O4. The Hall–Kier alpha value is -3.80. The van der Waals surface area contributed by atoms with Crippen molar-refractivity contribution in [3.05, 3.63) is 64.2 Å². The Morgan fingerprint density at radius 1 is 1.11 bits per heavy atom. The average Bonchev–Trinajstić information content (AvgIpc) is 3.16. The summed E-state index contributed by atoms with van der Waals surface area (Å²) >= 11 is 0. The quantitative estimate of drug-likeness (QED) is 0.421. The number of aliphatic hydroxyl groups excluding tert-OH is 1. The van der Waals surface area contributed by atoms with Gasteiger partial charge in [-0.05, 0) is 49.4 Å². The molecule has 3 amide bonds. The summed E-state index contributed by atoms with van der Waals surface area (Å²) in [6.07, 6.45) is 3.18. The lowest BCUT2D eigenvalue weighted by molar-refractivity contribution is -0.123. The molecule has 2 saturated heterocycles. The number of aromatic nitrogens is 3. The first-order valence-corrected chi connectivity index (χ1v) is 12.3. The van der Waals surface area contributed by atoms with E-state index < -0.39 is 48.2 Å². The van der Waals surface area contributed by atoms with Gasteiger partial charge in [-0.15, -0.1) is 0 Å². The number of nitrogens with one attached hydrogen (secondary N) is 3. The summed E-state index contributed by atoms with van der Waals surface area (Å²) in [5.41, 5.74) is 1.07. The van der Waals surface area contributed by atoms with Crippen molar-refractivity contribution in [2.24, 2.45) is 0 Å². The van der Waals surface area contributed by atoms with Gasteiger partial charge < -0.3 is 20.6 Å². The van der Waals surface area contributed by atoms with Gasteiger partial charge in [0.1, 0.15) is 6.04 Å². The van der Waals surface area contributed by atoms with Crippen LogP contribution in [0.25, 0.3) is 11.2 Å². The number of amides is 3. The van der Waals surface area contributed by atoms with Crippen molar-refractivity contribution in [1.82, 2.24) is 30.1 Å². The zero-order valence-electron chi connectivity index (χ0n) is 20.0. The highest BCUT2D eigenvalue weighted by molar-refractivity contribution is 5.87. The molecule has 0 spiro atoms.